The molecule has 2 aromatic heterocycles. The van der Waals surface area contributed by atoms with Gasteiger partial charge in [-0.1, -0.05) is 13.0 Å². The molecule has 1 saturated heterocycles. The second kappa shape index (κ2) is 7.17. The number of likely N-dealkylation sites (tertiary alicyclic amines) is 1. The fourth-order valence-electron chi connectivity index (χ4n) is 2.75. The maximum Gasteiger partial charge on any atom is 0.274 e. The zero-order chi connectivity index (χ0) is 16.1. The Kier molecular flexibility index (Phi) is 4.80. The van der Waals surface area contributed by atoms with E-state index >= 15 is 0 Å². The molecule has 2 aromatic rings. The van der Waals surface area contributed by atoms with Crippen LogP contribution in [0.15, 0.2) is 36.8 Å². The van der Waals surface area contributed by atoms with Crippen LogP contribution in [0.5, 0.6) is 0 Å². The molecule has 6 nitrogen and oxygen atoms in total. The van der Waals surface area contributed by atoms with E-state index < -0.39 is 0 Å². The summed E-state index contributed by atoms with van der Waals surface area (Å²) in [6, 6.07) is 5.76. The van der Waals surface area contributed by atoms with Gasteiger partial charge in [0, 0.05) is 19.3 Å². The molecule has 3 heterocycles. The number of pyridine rings is 1. The van der Waals surface area contributed by atoms with Gasteiger partial charge in [0.05, 0.1) is 24.6 Å². The minimum Gasteiger partial charge on any atom is -0.363 e. The number of hydrogen-bond donors (Lipinski definition) is 1. The van der Waals surface area contributed by atoms with Crippen LogP contribution in [0.1, 0.15) is 35.9 Å². The molecule has 1 unspecified atom stereocenters. The van der Waals surface area contributed by atoms with E-state index in [-0.39, 0.29) is 5.91 Å². The Morgan fingerprint density at radius 1 is 1.30 bits per heavy atom. The molecule has 120 valence electrons. The normalized spacial score (nSPS) is 17.8. The number of rotatable bonds is 4. The molecule has 1 aliphatic rings. The molecule has 0 saturated carbocycles. The Balaban J connectivity index is 1.59. The highest BCUT2D eigenvalue weighted by atomic mass is 16.2. The van der Waals surface area contributed by atoms with Crippen molar-refractivity contribution >= 4 is 11.7 Å². The summed E-state index contributed by atoms with van der Waals surface area (Å²) in [7, 11) is 0. The number of aromatic nitrogens is 3. The number of piperidine rings is 1. The lowest BCUT2D eigenvalue weighted by Gasteiger charge is -2.30. The largest absolute Gasteiger partial charge is 0.363 e. The zero-order valence-corrected chi connectivity index (χ0v) is 13.3. The van der Waals surface area contributed by atoms with E-state index in [1.54, 1.807) is 18.6 Å². The van der Waals surface area contributed by atoms with Crippen molar-refractivity contribution in [3.63, 3.8) is 0 Å². The summed E-state index contributed by atoms with van der Waals surface area (Å²) in [5.41, 5.74) is 1.33. The Hall–Kier alpha value is -2.50. The maximum atomic E-state index is 12.4. The minimum atomic E-state index is -0.0275. The van der Waals surface area contributed by atoms with Crippen molar-refractivity contribution in [3.8, 4) is 0 Å². The summed E-state index contributed by atoms with van der Waals surface area (Å²) >= 11 is 0. The molecular formula is C17H21N5O. The fraction of sp³-hybridized carbons (Fsp3) is 0.412. The summed E-state index contributed by atoms with van der Waals surface area (Å²) in [6.45, 7) is 4.37. The first-order chi connectivity index (χ1) is 11.2. The van der Waals surface area contributed by atoms with Crippen molar-refractivity contribution in [2.45, 2.75) is 26.3 Å². The third-order valence-corrected chi connectivity index (χ3v) is 3.99. The van der Waals surface area contributed by atoms with Gasteiger partial charge in [0.2, 0.25) is 0 Å². The lowest BCUT2D eigenvalue weighted by atomic mass is 10.0. The van der Waals surface area contributed by atoms with Gasteiger partial charge in [0.1, 0.15) is 11.5 Å². The fourth-order valence-corrected chi connectivity index (χ4v) is 2.75. The molecule has 1 atom stereocenters. The molecule has 0 aromatic carbocycles. The molecule has 0 spiro atoms. The van der Waals surface area contributed by atoms with Crippen molar-refractivity contribution in [3.05, 3.63) is 48.2 Å². The molecule has 1 amide bonds. The first-order valence-electron chi connectivity index (χ1n) is 7.97. The number of amides is 1. The van der Waals surface area contributed by atoms with Crippen molar-refractivity contribution in [2.24, 2.45) is 5.92 Å². The van der Waals surface area contributed by atoms with Crippen molar-refractivity contribution in [2.75, 3.05) is 18.4 Å². The van der Waals surface area contributed by atoms with Crippen LogP contribution in [-0.2, 0) is 6.54 Å². The number of carbonyl (C=O) groups is 1. The average Bonchev–Trinajstić information content (AvgIpc) is 2.61. The standard InChI is InChI=1S/C17H21N5O/c1-13-5-4-8-22(12-13)17(23)15-10-21-16(11-19-15)20-9-14-6-2-3-7-18-14/h2-3,6-7,10-11,13H,4-5,8-9,12H2,1H3,(H,20,21). The van der Waals surface area contributed by atoms with Crippen LogP contribution in [0, 0.1) is 5.92 Å². The zero-order valence-electron chi connectivity index (χ0n) is 13.3. The third kappa shape index (κ3) is 4.03. The van der Waals surface area contributed by atoms with Gasteiger partial charge in [-0.15, -0.1) is 0 Å². The monoisotopic (exact) mass is 311 g/mol. The number of anilines is 1. The highest BCUT2D eigenvalue weighted by molar-refractivity contribution is 5.92. The van der Waals surface area contributed by atoms with Gasteiger partial charge in [-0.05, 0) is 30.9 Å². The molecule has 1 aliphatic heterocycles. The highest BCUT2D eigenvalue weighted by Crippen LogP contribution is 2.17. The van der Waals surface area contributed by atoms with E-state index in [2.05, 4.69) is 27.2 Å². The van der Waals surface area contributed by atoms with Crippen molar-refractivity contribution in [1.82, 2.24) is 19.9 Å². The van der Waals surface area contributed by atoms with Crippen LogP contribution in [0.4, 0.5) is 5.82 Å². The van der Waals surface area contributed by atoms with E-state index in [0.717, 1.165) is 25.2 Å². The molecule has 1 fully saturated rings. The van der Waals surface area contributed by atoms with Gasteiger partial charge in [0.25, 0.3) is 5.91 Å². The minimum absolute atomic E-state index is 0.0275. The molecule has 0 radical (unpaired) electrons. The summed E-state index contributed by atoms with van der Waals surface area (Å²) in [6.07, 6.45) is 7.14. The SMILES string of the molecule is CC1CCCN(C(=O)c2cnc(NCc3ccccn3)cn2)C1. The van der Waals surface area contributed by atoms with Crippen LogP contribution in [0.2, 0.25) is 0 Å². The number of hydrogen-bond acceptors (Lipinski definition) is 5. The average molecular weight is 311 g/mol. The smallest absolute Gasteiger partial charge is 0.274 e. The van der Waals surface area contributed by atoms with Crippen LogP contribution >= 0.6 is 0 Å². The van der Waals surface area contributed by atoms with E-state index in [0.29, 0.717) is 24.0 Å². The van der Waals surface area contributed by atoms with Gasteiger partial charge in [0.15, 0.2) is 0 Å². The number of nitrogens with one attached hydrogen (secondary N) is 1. The van der Waals surface area contributed by atoms with Gasteiger partial charge >= 0.3 is 0 Å². The van der Waals surface area contributed by atoms with Crippen LogP contribution in [0.3, 0.4) is 0 Å². The van der Waals surface area contributed by atoms with Gasteiger partial charge in [-0.3, -0.25) is 9.78 Å². The molecule has 1 N–H and O–H groups in total. The lowest BCUT2D eigenvalue weighted by molar-refractivity contribution is 0.0676. The second-order valence-electron chi connectivity index (χ2n) is 5.96. The van der Waals surface area contributed by atoms with Gasteiger partial charge in [-0.25, -0.2) is 9.97 Å². The first kappa shape index (κ1) is 15.4. The Morgan fingerprint density at radius 3 is 2.91 bits per heavy atom. The van der Waals surface area contributed by atoms with Gasteiger partial charge < -0.3 is 10.2 Å². The summed E-state index contributed by atoms with van der Waals surface area (Å²) in [5, 5.41) is 3.15. The first-order valence-corrected chi connectivity index (χ1v) is 7.97. The molecule has 6 heteroatoms. The van der Waals surface area contributed by atoms with Crippen LogP contribution in [0.25, 0.3) is 0 Å². The van der Waals surface area contributed by atoms with Crippen LogP contribution < -0.4 is 5.32 Å². The summed E-state index contributed by atoms with van der Waals surface area (Å²) in [4.78, 5) is 27.1. The quantitative estimate of drug-likeness (QED) is 0.938. The van der Waals surface area contributed by atoms with E-state index in [4.69, 9.17) is 0 Å². The topological polar surface area (TPSA) is 71.0 Å². The van der Waals surface area contributed by atoms with E-state index in [1.807, 2.05) is 23.1 Å². The van der Waals surface area contributed by atoms with Gasteiger partial charge in [-0.2, -0.15) is 0 Å². The van der Waals surface area contributed by atoms with E-state index in [1.165, 1.54) is 6.42 Å². The summed E-state index contributed by atoms with van der Waals surface area (Å²) < 4.78 is 0. The molecule has 0 aliphatic carbocycles. The Bertz CT molecular complexity index is 644. The predicted octanol–water partition coefficient (Wildman–Crippen LogP) is 2.36. The third-order valence-electron chi connectivity index (χ3n) is 3.99. The molecular weight excluding hydrogens is 290 g/mol. The molecule has 3 rings (SSSR count). The maximum absolute atomic E-state index is 12.4. The predicted molar refractivity (Wildman–Crippen MR) is 87.9 cm³/mol. The second-order valence-corrected chi connectivity index (χ2v) is 5.96. The lowest BCUT2D eigenvalue weighted by Crippen LogP contribution is -2.39. The van der Waals surface area contributed by atoms with Crippen LogP contribution in [-0.4, -0.2) is 38.8 Å². The number of nitrogens with zero attached hydrogens (tertiary/aromatic N) is 4. The highest BCUT2D eigenvalue weighted by Gasteiger charge is 2.23. The summed E-state index contributed by atoms with van der Waals surface area (Å²) in [5.74, 6) is 1.17. The molecule has 0 bridgehead atoms. The van der Waals surface area contributed by atoms with E-state index in [9.17, 15) is 4.79 Å². The Labute approximate surface area is 136 Å². The van der Waals surface area contributed by atoms with Crippen molar-refractivity contribution in [1.29, 1.82) is 0 Å². The number of carbonyl (C=O) groups excluding carboxylic acids is 1. The Morgan fingerprint density at radius 2 is 2.22 bits per heavy atom. The molecule has 23 heavy (non-hydrogen) atoms. The van der Waals surface area contributed by atoms with Crippen molar-refractivity contribution < 1.29 is 4.79 Å².